The van der Waals surface area contributed by atoms with Gasteiger partial charge >= 0.3 is 0 Å². The van der Waals surface area contributed by atoms with Crippen molar-refractivity contribution in [1.29, 1.82) is 0 Å². The third-order valence-corrected chi connectivity index (χ3v) is 5.84. The van der Waals surface area contributed by atoms with E-state index in [1.165, 1.54) is 16.8 Å². The normalized spacial score (nSPS) is 24.7. The highest BCUT2D eigenvalue weighted by Gasteiger charge is 2.36. The van der Waals surface area contributed by atoms with Gasteiger partial charge in [0.1, 0.15) is 11.1 Å². The number of ether oxygens (including phenoxy) is 1. The SMILES string of the molecule is COc1ccc([C@H]2SCC(=O)N2/N=C2/NC(=O)[C@@H](CC(=O)[O-])S2)cc1. The molecule has 132 valence electrons. The Hall–Kier alpha value is -2.20. The van der Waals surface area contributed by atoms with E-state index in [0.29, 0.717) is 5.75 Å². The van der Waals surface area contributed by atoms with E-state index in [-0.39, 0.29) is 22.2 Å². The fraction of sp³-hybridized carbons (Fsp3) is 0.333. The summed E-state index contributed by atoms with van der Waals surface area (Å²) in [4.78, 5) is 34.6. The first-order valence-corrected chi connectivity index (χ1v) is 9.24. The van der Waals surface area contributed by atoms with Gasteiger partial charge in [0.25, 0.3) is 5.91 Å². The number of amides is 2. The lowest BCUT2D eigenvalue weighted by atomic mass is 10.2. The first kappa shape index (κ1) is 17.6. The van der Waals surface area contributed by atoms with Crippen molar-refractivity contribution in [3.05, 3.63) is 29.8 Å². The Kier molecular flexibility index (Phi) is 5.19. The second-order valence-corrected chi connectivity index (χ2v) is 7.51. The first-order valence-electron chi connectivity index (χ1n) is 7.31. The number of hydrazone groups is 1. The molecule has 0 spiro atoms. The number of carbonyl (C=O) groups excluding carboxylic acids is 3. The van der Waals surface area contributed by atoms with Gasteiger partial charge in [0.15, 0.2) is 5.17 Å². The van der Waals surface area contributed by atoms with E-state index in [4.69, 9.17) is 4.74 Å². The minimum Gasteiger partial charge on any atom is -0.550 e. The van der Waals surface area contributed by atoms with Crippen molar-refractivity contribution in [2.24, 2.45) is 5.10 Å². The van der Waals surface area contributed by atoms with E-state index in [9.17, 15) is 19.5 Å². The molecule has 0 unspecified atom stereocenters. The van der Waals surface area contributed by atoms with Crippen LogP contribution in [0.4, 0.5) is 0 Å². The number of nitrogens with zero attached hydrogens (tertiary/aromatic N) is 2. The molecule has 0 radical (unpaired) electrons. The second-order valence-electron chi connectivity index (χ2n) is 5.25. The summed E-state index contributed by atoms with van der Waals surface area (Å²) in [6.45, 7) is 0. The van der Waals surface area contributed by atoms with E-state index in [1.807, 2.05) is 12.1 Å². The molecular weight excluding hydrogens is 366 g/mol. The minimum atomic E-state index is -1.31. The highest BCUT2D eigenvalue weighted by atomic mass is 32.2. The molecule has 2 aliphatic rings. The molecule has 3 rings (SSSR count). The van der Waals surface area contributed by atoms with Crippen LogP contribution in [-0.2, 0) is 14.4 Å². The van der Waals surface area contributed by atoms with Gasteiger partial charge < -0.3 is 20.0 Å². The maximum Gasteiger partial charge on any atom is 0.254 e. The van der Waals surface area contributed by atoms with Crippen LogP contribution in [0.25, 0.3) is 0 Å². The van der Waals surface area contributed by atoms with Crippen molar-refractivity contribution in [2.45, 2.75) is 17.0 Å². The number of nitrogens with one attached hydrogen (secondary N) is 1. The first-order chi connectivity index (χ1) is 12.0. The summed E-state index contributed by atoms with van der Waals surface area (Å²) in [5.74, 6) is -0.962. The van der Waals surface area contributed by atoms with Gasteiger partial charge in [0.05, 0.1) is 18.1 Å². The van der Waals surface area contributed by atoms with E-state index in [2.05, 4.69) is 10.4 Å². The van der Waals surface area contributed by atoms with Gasteiger partial charge in [0, 0.05) is 12.4 Å². The van der Waals surface area contributed by atoms with Gasteiger partial charge in [-0.05, 0) is 17.7 Å². The predicted molar refractivity (Wildman–Crippen MR) is 91.6 cm³/mol. The van der Waals surface area contributed by atoms with Crippen molar-refractivity contribution in [3.8, 4) is 5.75 Å². The number of benzene rings is 1. The van der Waals surface area contributed by atoms with E-state index in [1.54, 1.807) is 19.2 Å². The van der Waals surface area contributed by atoms with Gasteiger partial charge in [0.2, 0.25) is 5.91 Å². The summed E-state index contributed by atoms with van der Waals surface area (Å²) >= 11 is 2.41. The smallest absolute Gasteiger partial charge is 0.254 e. The average Bonchev–Trinajstić information content (AvgIpc) is 3.11. The highest BCUT2D eigenvalue weighted by Crippen LogP contribution is 2.40. The van der Waals surface area contributed by atoms with Crippen molar-refractivity contribution >= 4 is 46.5 Å². The molecule has 2 heterocycles. The number of aliphatic carboxylic acids is 1. The number of thioether (sulfide) groups is 2. The number of rotatable bonds is 5. The molecule has 2 amide bonds. The molecule has 2 aliphatic heterocycles. The van der Waals surface area contributed by atoms with Crippen LogP contribution in [0.1, 0.15) is 17.4 Å². The Morgan fingerprint density at radius 2 is 2.12 bits per heavy atom. The molecule has 2 fully saturated rings. The topological polar surface area (TPSA) is 111 Å². The molecule has 0 saturated carbocycles. The zero-order valence-corrected chi connectivity index (χ0v) is 14.8. The molecule has 2 atom stereocenters. The number of carbonyl (C=O) groups is 3. The zero-order chi connectivity index (χ0) is 18.0. The molecule has 25 heavy (non-hydrogen) atoms. The van der Waals surface area contributed by atoms with Crippen molar-refractivity contribution in [1.82, 2.24) is 10.3 Å². The molecule has 1 N–H and O–H groups in total. The summed E-state index contributed by atoms with van der Waals surface area (Å²) in [6, 6.07) is 7.29. The summed E-state index contributed by atoms with van der Waals surface area (Å²) in [5.41, 5.74) is 0.876. The molecule has 1 aromatic carbocycles. The maximum absolute atomic E-state index is 12.2. The second kappa shape index (κ2) is 7.36. The van der Waals surface area contributed by atoms with E-state index in [0.717, 1.165) is 17.3 Å². The van der Waals surface area contributed by atoms with Crippen molar-refractivity contribution in [3.63, 3.8) is 0 Å². The number of carboxylic acid groups (broad SMARTS) is 1. The van der Waals surface area contributed by atoms with Gasteiger partial charge in [-0.15, -0.1) is 16.9 Å². The number of carboxylic acids is 1. The standard InChI is InChI=1S/C15H15N3O5S2/c1-23-9-4-2-8(3-5-9)14-18(11(19)7-24-14)17-15-16-13(22)10(25-15)6-12(20)21/h2-5,10,14H,6-7H2,1H3,(H,20,21)(H,16,17,22)/p-1/t10-,14-/m1/s1. The Morgan fingerprint density at radius 3 is 2.76 bits per heavy atom. The molecule has 1 aromatic rings. The monoisotopic (exact) mass is 380 g/mol. The Balaban J connectivity index is 1.78. The number of hydrogen-bond acceptors (Lipinski definition) is 8. The molecule has 8 nitrogen and oxygen atoms in total. The van der Waals surface area contributed by atoms with Crippen LogP contribution < -0.4 is 15.2 Å². The van der Waals surface area contributed by atoms with Gasteiger partial charge in [-0.2, -0.15) is 0 Å². The molecule has 2 saturated heterocycles. The summed E-state index contributed by atoms with van der Waals surface area (Å²) in [6.07, 6.45) is -0.403. The number of amidine groups is 1. The third kappa shape index (κ3) is 3.90. The van der Waals surface area contributed by atoms with Gasteiger partial charge in [-0.1, -0.05) is 23.9 Å². The lowest BCUT2D eigenvalue weighted by Gasteiger charge is -2.19. The summed E-state index contributed by atoms with van der Waals surface area (Å²) in [7, 11) is 1.57. The Bertz CT molecular complexity index is 737. The molecule has 0 bridgehead atoms. The van der Waals surface area contributed by atoms with Crippen LogP contribution in [0.5, 0.6) is 5.75 Å². The molecular formula is C15H14N3O5S2-. The third-order valence-electron chi connectivity index (χ3n) is 3.57. The van der Waals surface area contributed by atoms with Gasteiger partial charge in [-0.25, -0.2) is 5.01 Å². The quantitative estimate of drug-likeness (QED) is 0.760. The average molecular weight is 380 g/mol. The van der Waals surface area contributed by atoms with Gasteiger partial charge in [-0.3, -0.25) is 9.59 Å². The fourth-order valence-corrected chi connectivity index (χ4v) is 4.41. The van der Waals surface area contributed by atoms with Crippen molar-refractivity contribution in [2.75, 3.05) is 12.9 Å². The van der Waals surface area contributed by atoms with Crippen LogP contribution in [0.15, 0.2) is 29.4 Å². The largest absolute Gasteiger partial charge is 0.550 e. The van der Waals surface area contributed by atoms with Crippen LogP contribution in [0.2, 0.25) is 0 Å². The Morgan fingerprint density at radius 1 is 1.40 bits per heavy atom. The van der Waals surface area contributed by atoms with E-state index < -0.39 is 23.5 Å². The van der Waals surface area contributed by atoms with Crippen molar-refractivity contribution < 1.29 is 24.2 Å². The van der Waals surface area contributed by atoms with Crippen LogP contribution in [0.3, 0.4) is 0 Å². The fourth-order valence-electron chi connectivity index (χ4n) is 2.37. The van der Waals surface area contributed by atoms with Crippen LogP contribution in [-0.4, -0.2) is 46.1 Å². The Labute approximate surface area is 152 Å². The van der Waals surface area contributed by atoms with E-state index >= 15 is 0 Å². The number of methoxy groups -OCH3 is 1. The summed E-state index contributed by atoms with van der Waals surface area (Å²) in [5, 5.41) is 17.8. The minimum absolute atomic E-state index is 0.184. The number of hydrogen-bond donors (Lipinski definition) is 1. The summed E-state index contributed by atoms with van der Waals surface area (Å²) < 4.78 is 5.12. The molecule has 0 aliphatic carbocycles. The lowest BCUT2D eigenvalue weighted by Crippen LogP contribution is -2.32. The lowest BCUT2D eigenvalue weighted by molar-refractivity contribution is -0.305. The highest BCUT2D eigenvalue weighted by molar-refractivity contribution is 8.15. The molecule has 10 heteroatoms. The van der Waals surface area contributed by atoms with Crippen LogP contribution >= 0.6 is 23.5 Å². The molecule has 0 aromatic heterocycles. The zero-order valence-electron chi connectivity index (χ0n) is 13.1. The van der Waals surface area contributed by atoms with Crippen LogP contribution in [0, 0.1) is 0 Å². The predicted octanol–water partition coefficient (Wildman–Crippen LogP) is -0.0882. The maximum atomic E-state index is 12.2.